The maximum absolute atomic E-state index is 13.8. The summed E-state index contributed by atoms with van der Waals surface area (Å²) in [5.74, 6) is 2.67. The van der Waals surface area contributed by atoms with E-state index in [1.165, 1.54) is 43.1 Å². The Morgan fingerprint density at radius 3 is 2.49 bits per heavy atom. The molecular weight excluding hydrogens is 512 g/mol. The summed E-state index contributed by atoms with van der Waals surface area (Å²) >= 11 is 0. The molecule has 2 bridgehead atoms. The van der Waals surface area contributed by atoms with Gasteiger partial charge in [0.05, 0.1) is 25.0 Å². The van der Waals surface area contributed by atoms with Crippen molar-refractivity contribution in [1.82, 2.24) is 20.2 Å². The Hall–Kier alpha value is -3.61. The Kier molecular flexibility index (Phi) is 6.44. The van der Waals surface area contributed by atoms with Crippen LogP contribution in [0, 0.1) is 24.7 Å². The SMILES string of the molecule is COC(=O)N[C@H](C(=O)N1[C@@H]2CC[C@@H](C2)[C@H]1c1ncc(-c2ccc(-c3ccc(C)c4c3C3CCC3C4)cc2)[nH]1)C(C)C. The number of aromatic nitrogens is 2. The fourth-order valence-corrected chi connectivity index (χ4v) is 8.16. The molecule has 1 aliphatic heterocycles. The molecule has 0 radical (unpaired) electrons. The lowest BCUT2D eigenvalue weighted by molar-refractivity contribution is -0.139. The van der Waals surface area contributed by atoms with Crippen molar-refractivity contribution < 1.29 is 14.3 Å². The van der Waals surface area contributed by atoms with E-state index in [1.807, 2.05) is 24.9 Å². The van der Waals surface area contributed by atoms with E-state index >= 15 is 0 Å². The Morgan fingerprint density at radius 2 is 1.78 bits per heavy atom. The number of amides is 2. The zero-order valence-electron chi connectivity index (χ0n) is 24.4. The zero-order chi connectivity index (χ0) is 28.4. The average Bonchev–Trinajstić information content (AvgIpc) is 3.75. The highest BCUT2D eigenvalue weighted by molar-refractivity contribution is 5.87. The number of aromatic amines is 1. The van der Waals surface area contributed by atoms with Crippen LogP contribution in [0.4, 0.5) is 4.79 Å². The number of methoxy groups -OCH3 is 1. The molecule has 214 valence electrons. The molecule has 3 aliphatic carbocycles. The van der Waals surface area contributed by atoms with Crippen LogP contribution in [-0.2, 0) is 16.0 Å². The van der Waals surface area contributed by atoms with Gasteiger partial charge in [0.2, 0.25) is 5.91 Å². The van der Waals surface area contributed by atoms with Crippen LogP contribution < -0.4 is 5.32 Å². The molecule has 6 atom stereocenters. The molecule has 2 N–H and O–H groups in total. The number of piperidine rings is 1. The number of fused-ring (bicyclic) bond motifs is 5. The predicted molar refractivity (Wildman–Crippen MR) is 158 cm³/mol. The summed E-state index contributed by atoms with van der Waals surface area (Å²) in [5.41, 5.74) is 9.35. The van der Waals surface area contributed by atoms with Gasteiger partial charge in [-0.05, 0) is 103 Å². The lowest BCUT2D eigenvalue weighted by Gasteiger charge is -2.37. The highest BCUT2D eigenvalue weighted by Gasteiger charge is 2.51. The minimum atomic E-state index is -0.635. The van der Waals surface area contributed by atoms with E-state index in [1.54, 1.807) is 11.1 Å². The van der Waals surface area contributed by atoms with Crippen molar-refractivity contribution in [2.24, 2.45) is 17.8 Å². The molecular formula is C34H40N4O3. The number of hydrogen-bond donors (Lipinski definition) is 2. The molecule has 7 heteroatoms. The number of alkyl carbamates (subject to hydrolysis) is 1. The molecule has 2 aromatic carbocycles. The minimum absolute atomic E-state index is 0.0516. The highest BCUT2D eigenvalue weighted by atomic mass is 16.5. The van der Waals surface area contributed by atoms with Gasteiger partial charge in [-0.15, -0.1) is 0 Å². The number of carbonyl (C=O) groups is 2. The number of hydrogen-bond acceptors (Lipinski definition) is 4. The van der Waals surface area contributed by atoms with Crippen LogP contribution in [-0.4, -0.2) is 46.1 Å². The number of benzene rings is 2. The maximum atomic E-state index is 13.8. The monoisotopic (exact) mass is 552 g/mol. The summed E-state index contributed by atoms with van der Waals surface area (Å²) in [6.45, 7) is 6.16. The van der Waals surface area contributed by atoms with Gasteiger partial charge in [0.25, 0.3) is 0 Å². The van der Waals surface area contributed by atoms with Crippen molar-refractivity contribution in [3.63, 3.8) is 0 Å². The molecule has 3 fully saturated rings. The average molecular weight is 553 g/mol. The van der Waals surface area contributed by atoms with E-state index in [0.717, 1.165) is 48.2 Å². The summed E-state index contributed by atoms with van der Waals surface area (Å²) in [6, 6.07) is 12.9. The van der Waals surface area contributed by atoms with Crippen LogP contribution in [0.2, 0.25) is 0 Å². The fraction of sp³-hybridized carbons (Fsp3) is 0.500. The van der Waals surface area contributed by atoms with Gasteiger partial charge in [0.1, 0.15) is 11.9 Å². The van der Waals surface area contributed by atoms with E-state index in [-0.39, 0.29) is 23.9 Å². The number of rotatable bonds is 6. The van der Waals surface area contributed by atoms with E-state index in [2.05, 4.69) is 53.6 Å². The first kappa shape index (κ1) is 26.3. The molecule has 4 aliphatic rings. The van der Waals surface area contributed by atoms with Gasteiger partial charge in [-0.25, -0.2) is 9.78 Å². The van der Waals surface area contributed by atoms with Gasteiger partial charge >= 0.3 is 6.09 Å². The van der Waals surface area contributed by atoms with Crippen LogP contribution in [0.15, 0.2) is 42.6 Å². The first-order valence-corrected chi connectivity index (χ1v) is 15.3. The van der Waals surface area contributed by atoms with Gasteiger partial charge in [0, 0.05) is 6.04 Å². The lowest BCUT2D eigenvalue weighted by Crippen LogP contribution is -2.54. The summed E-state index contributed by atoms with van der Waals surface area (Å²) in [6.07, 6.45) is 8.31. The van der Waals surface area contributed by atoms with E-state index in [4.69, 9.17) is 9.72 Å². The summed E-state index contributed by atoms with van der Waals surface area (Å²) in [4.78, 5) is 36.2. The topological polar surface area (TPSA) is 87.3 Å². The largest absolute Gasteiger partial charge is 0.453 e. The third-order valence-electron chi connectivity index (χ3n) is 10.5. The molecule has 3 aromatic rings. The van der Waals surface area contributed by atoms with Crippen molar-refractivity contribution >= 4 is 12.0 Å². The van der Waals surface area contributed by atoms with E-state index in [9.17, 15) is 9.59 Å². The Balaban J connectivity index is 1.14. The highest BCUT2D eigenvalue weighted by Crippen LogP contribution is 2.55. The molecule has 1 aromatic heterocycles. The summed E-state index contributed by atoms with van der Waals surface area (Å²) in [5, 5.41) is 2.77. The molecule has 1 saturated heterocycles. The standard InChI is InChI=1S/C34H40N4O3/c1-18(2)30(37-34(40)41-4)33(39)38-24-12-10-23(15-24)31(38)32-35-17-28(36-32)21-8-6-20(7-9-21)25-13-5-19(3)27-16-22-11-14-26(22)29(25)27/h5-9,13,17-18,22-24,26,30-31H,10-12,14-16H2,1-4H3,(H,35,36)(H,37,40)/t22?,23-,24+,26?,30-,31-/m0/s1. The van der Waals surface area contributed by atoms with Crippen molar-refractivity contribution in [2.45, 2.75) is 83.3 Å². The second-order valence-corrected chi connectivity index (χ2v) is 13.0. The Morgan fingerprint density at radius 1 is 1.02 bits per heavy atom. The van der Waals surface area contributed by atoms with Gasteiger partial charge in [-0.1, -0.05) is 50.2 Å². The number of carbonyl (C=O) groups excluding carboxylic acids is 2. The molecule has 0 spiro atoms. The second kappa shape index (κ2) is 10.0. The molecule has 41 heavy (non-hydrogen) atoms. The van der Waals surface area contributed by atoms with Crippen LogP contribution in [0.1, 0.15) is 80.4 Å². The number of nitrogens with one attached hydrogen (secondary N) is 2. The van der Waals surface area contributed by atoms with Crippen LogP contribution in [0.3, 0.4) is 0 Å². The van der Waals surface area contributed by atoms with Gasteiger partial charge < -0.3 is 19.9 Å². The normalized spacial score (nSPS) is 26.5. The first-order valence-electron chi connectivity index (χ1n) is 15.3. The first-order chi connectivity index (χ1) is 19.8. The molecule has 2 saturated carbocycles. The van der Waals surface area contributed by atoms with Gasteiger partial charge in [0.15, 0.2) is 0 Å². The summed E-state index contributed by atoms with van der Waals surface area (Å²) in [7, 11) is 1.33. The van der Waals surface area contributed by atoms with E-state index in [0.29, 0.717) is 5.92 Å². The van der Waals surface area contributed by atoms with E-state index < -0.39 is 12.1 Å². The third kappa shape index (κ3) is 4.27. The second-order valence-electron chi connectivity index (χ2n) is 13.0. The lowest BCUT2D eigenvalue weighted by atomic mass is 9.73. The number of imidazole rings is 1. The third-order valence-corrected chi connectivity index (χ3v) is 10.5. The molecule has 2 heterocycles. The fourth-order valence-electron chi connectivity index (χ4n) is 8.16. The maximum Gasteiger partial charge on any atom is 0.407 e. The quantitative estimate of drug-likeness (QED) is 0.364. The van der Waals surface area contributed by atoms with Gasteiger partial charge in [-0.2, -0.15) is 0 Å². The molecule has 2 unspecified atom stereocenters. The van der Waals surface area contributed by atoms with Crippen molar-refractivity contribution in [1.29, 1.82) is 0 Å². The number of likely N-dealkylation sites (tertiary alicyclic amines) is 1. The molecule has 7 rings (SSSR count). The Labute approximate surface area is 242 Å². The number of nitrogens with zero attached hydrogens (tertiary/aromatic N) is 2. The minimum Gasteiger partial charge on any atom is -0.453 e. The summed E-state index contributed by atoms with van der Waals surface area (Å²) < 4.78 is 4.81. The number of ether oxygens (including phenoxy) is 1. The van der Waals surface area contributed by atoms with Gasteiger partial charge in [-0.3, -0.25) is 4.79 Å². The smallest absolute Gasteiger partial charge is 0.407 e. The van der Waals surface area contributed by atoms with Crippen LogP contribution in [0.5, 0.6) is 0 Å². The zero-order valence-corrected chi connectivity index (χ0v) is 24.4. The Bertz CT molecular complexity index is 1490. The predicted octanol–water partition coefficient (Wildman–Crippen LogP) is 6.53. The van der Waals surface area contributed by atoms with Crippen molar-refractivity contribution in [3.05, 3.63) is 65.1 Å². The van der Waals surface area contributed by atoms with Crippen LogP contribution >= 0.6 is 0 Å². The number of aryl methyl sites for hydroxylation is 1. The number of H-pyrrole nitrogens is 1. The van der Waals surface area contributed by atoms with Crippen molar-refractivity contribution in [3.8, 4) is 22.4 Å². The molecule has 2 amide bonds. The molecule has 7 nitrogen and oxygen atoms in total. The van der Waals surface area contributed by atoms with Crippen molar-refractivity contribution in [2.75, 3.05) is 7.11 Å². The van der Waals surface area contributed by atoms with Crippen LogP contribution in [0.25, 0.3) is 22.4 Å².